The van der Waals surface area contributed by atoms with Gasteiger partial charge in [0.25, 0.3) is 0 Å². The number of benzene rings is 1. The normalized spacial score (nSPS) is 9.13. The highest BCUT2D eigenvalue weighted by Crippen LogP contribution is 2.18. The third-order valence-corrected chi connectivity index (χ3v) is 2.06. The predicted molar refractivity (Wildman–Crippen MR) is 56.6 cm³/mol. The second kappa shape index (κ2) is 5.01. The van der Waals surface area contributed by atoms with Crippen LogP contribution < -0.4 is 9.64 Å². The van der Waals surface area contributed by atoms with Crippen molar-refractivity contribution in [3.63, 3.8) is 0 Å². The molecule has 1 amide bonds. The Morgan fingerprint density at radius 2 is 2.07 bits per heavy atom. The number of ether oxygens (including phenoxy) is 1. The summed E-state index contributed by atoms with van der Waals surface area (Å²) in [5.41, 5.74) is 0.746. The molecule has 4 heteroatoms. The molecule has 1 aromatic carbocycles. The quantitative estimate of drug-likeness (QED) is 0.751. The van der Waals surface area contributed by atoms with E-state index in [2.05, 4.69) is 0 Å². The molecular formula is C11H12N2O2. The summed E-state index contributed by atoms with van der Waals surface area (Å²) in [6.07, 6.45) is -0.109. The second-order valence-corrected chi connectivity index (χ2v) is 2.99. The molecule has 0 aliphatic rings. The molecule has 4 nitrogen and oxygen atoms in total. The van der Waals surface area contributed by atoms with E-state index in [9.17, 15) is 4.79 Å². The number of nitrogens with zero attached hydrogens (tertiary/aromatic N) is 2. The van der Waals surface area contributed by atoms with Gasteiger partial charge in [-0.3, -0.25) is 4.79 Å². The van der Waals surface area contributed by atoms with E-state index in [1.807, 2.05) is 6.07 Å². The van der Waals surface area contributed by atoms with Crippen LogP contribution in [0.3, 0.4) is 0 Å². The largest absolute Gasteiger partial charge is 0.497 e. The Hall–Kier alpha value is -2.02. The minimum atomic E-state index is -0.220. The minimum Gasteiger partial charge on any atom is -0.497 e. The molecule has 1 rings (SSSR count). The van der Waals surface area contributed by atoms with Gasteiger partial charge < -0.3 is 9.64 Å². The highest BCUT2D eigenvalue weighted by atomic mass is 16.5. The molecule has 0 aliphatic heterocycles. The van der Waals surface area contributed by atoms with Crippen molar-refractivity contribution in [2.75, 3.05) is 19.1 Å². The average molecular weight is 204 g/mol. The summed E-state index contributed by atoms with van der Waals surface area (Å²) in [5, 5.41) is 8.40. The van der Waals surface area contributed by atoms with Crippen LogP contribution in [0.5, 0.6) is 5.75 Å². The summed E-state index contributed by atoms with van der Waals surface area (Å²) in [6, 6.07) is 8.91. The van der Waals surface area contributed by atoms with E-state index in [0.717, 1.165) is 11.4 Å². The van der Waals surface area contributed by atoms with Crippen LogP contribution in [0.4, 0.5) is 5.69 Å². The topological polar surface area (TPSA) is 53.3 Å². The van der Waals surface area contributed by atoms with Crippen molar-refractivity contribution in [1.82, 2.24) is 0 Å². The highest BCUT2D eigenvalue weighted by molar-refractivity contribution is 5.94. The van der Waals surface area contributed by atoms with Crippen molar-refractivity contribution in [1.29, 1.82) is 5.26 Å². The molecule has 78 valence electrons. The molecule has 15 heavy (non-hydrogen) atoms. The number of hydrogen-bond acceptors (Lipinski definition) is 3. The van der Waals surface area contributed by atoms with Crippen molar-refractivity contribution in [2.45, 2.75) is 6.42 Å². The smallest absolute Gasteiger partial charge is 0.240 e. The number of hydrogen-bond donors (Lipinski definition) is 0. The van der Waals surface area contributed by atoms with Crippen LogP contribution in [0, 0.1) is 11.3 Å². The summed E-state index contributed by atoms with van der Waals surface area (Å²) in [5.74, 6) is 0.516. The lowest BCUT2D eigenvalue weighted by atomic mass is 10.2. The van der Waals surface area contributed by atoms with Crippen molar-refractivity contribution in [2.24, 2.45) is 0 Å². The molecule has 0 bridgehead atoms. The first-order chi connectivity index (χ1) is 7.19. The number of carbonyl (C=O) groups excluding carboxylic acids is 1. The first kappa shape index (κ1) is 11.1. The number of carbonyl (C=O) groups is 1. The number of rotatable bonds is 3. The molecule has 0 N–H and O–H groups in total. The molecule has 0 spiro atoms. The third-order valence-electron chi connectivity index (χ3n) is 2.06. The van der Waals surface area contributed by atoms with Gasteiger partial charge in [0, 0.05) is 12.7 Å². The van der Waals surface area contributed by atoms with E-state index in [1.54, 1.807) is 38.4 Å². The lowest BCUT2D eigenvalue weighted by Gasteiger charge is -2.15. The van der Waals surface area contributed by atoms with Gasteiger partial charge in [-0.1, -0.05) is 0 Å². The number of amides is 1. The second-order valence-electron chi connectivity index (χ2n) is 2.99. The minimum absolute atomic E-state index is 0.109. The molecule has 0 atom stereocenters. The average Bonchev–Trinajstić information content (AvgIpc) is 2.28. The van der Waals surface area contributed by atoms with Gasteiger partial charge in [0.1, 0.15) is 12.2 Å². The summed E-state index contributed by atoms with van der Waals surface area (Å²) in [6.45, 7) is 0. The number of nitriles is 1. The summed E-state index contributed by atoms with van der Waals surface area (Å²) >= 11 is 0. The van der Waals surface area contributed by atoms with Gasteiger partial charge in [0.15, 0.2) is 0 Å². The van der Waals surface area contributed by atoms with Crippen molar-refractivity contribution >= 4 is 11.6 Å². The maximum atomic E-state index is 11.4. The maximum Gasteiger partial charge on any atom is 0.240 e. The predicted octanol–water partition coefficient (Wildman–Crippen LogP) is 1.57. The van der Waals surface area contributed by atoms with Crippen LogP contribution in [0.25, 0.3) is 0 Å². The number of methoxy groups -OCH3 is 1. The van der Waals surface area contributed by atoms with Gasteiger partial charge in [-0.25, -0.2) is 0 Å². The van der Waals surface area contributed by atoms with Crippen LogP contribution in [-0.2, 0) is 4.79 Å². The van der Waals surface area contributed by atoms with Crippen LogP contribution in [0.1, 0.15) is 6.42 Å². The Bertz CT molecular complexity index is 379. The van der Waals surface area contributed by atoms with E-state index < -0.39 is 0 Å². The van der Waals surface area contributed by atoms with E-state index in [-0.39, 0.29) is 12.3 Å². The Morgan fingerprint density at radius 3 is 2.53 bits per heavy atom. The van der Waals surface area contributed by atoms with Crippen LogP contribution >= 0.6 is 0 Å². The van der Waals surface area contributed by atoms with Gasteiger partial charge in [-0.05, 0) is 24.3 Å². The van der Waals surface area contributed by atoms with Crippen LogP contribution in [0.2, 0.25) is 0 Å². The molecule has 0 heterocycles. The standard InChI is InChI=1S/C11H12N2O2/c1-13(11(14)7-8-12)9-3-5-10(15-2)6-4-9/h3-6H,7H2,1-2H3. The lowest BCUT2D eigenvalue weighted by molar-refractivity contribution is -0.117. The molecule has 0 aromatic heterocycles. The van der Waals surface area contributed by atoms with Gasteiger partial charge in [0.2, 0.25) is 5.91 Å². The maximum absolute atomic E-state index is 11.4. The molecule has 0 aliphatic carbocycles. The van der Waals surface area contributed by atoms with Gasteiger partial charge in [-0.2, -0.15) is 5.26 Å². The SMILES string of the molecule is COc1ccc(N(C)C(=O)CC#N)cc1. The zero-order valence-electron chi connectivity index (χ0n) is 8.73. The zero-order valence-corrected chi connectivity index (χ0v) is 8.73. The lowest BCUT2D eigenvalue weighted by Crippen LogP contribution is -2.25. The molecule has 1 aromatic rings. The zero-order chi connectivity index (χ0) is 11.3. The van der Waals surface area contributed by atoms with Gasteiger partial charge in [-0.15, -0.1) is 0 Å². The van der Waals surface area contributed by atoms with Crippen LogP contribution in [-0.4, -0.2) is 20.1 Å². The van der Waals surface area contributed by atoms with Gasteiger partial charge >= 0.3 is 0 Å². The first-order valence-corrected chi connectivity index (χ1v) is 4.46. The molecule has 0 unspecified atom stereocenters. The summed E-state index contributed by atoms with van der Waals surface area (Å²) < 4.78 is 5.00. The fourth-order valence-electron chi connectivity index (χ4n) is 1.14. The molecule has 0 radical (unpaired) electrons. The van der Waals surface area contributed by atoms with E-state index in [4.69, 9.17) is 10.00 Å². The summed E-state index contributed by atoms with van der Waals surface area (Å²) in [7, 11) is 3.22. The molecule has 0 saturated heterocycles. The third kappa shape index (κ3) is 2.71. The van der Waals surface area contributed by atoms with Crippen molar-refractivity contribution in [3.05, 3.63) is 24.3 Å². The van der Waals surface area contributed by atoms with Crippen LogP contribution in [0.15, 0.2) is 24.3 Å². The molecular weight excluding hydrogens is 192 g/mol. The van der Waals surface area contributed by atoms with Crippen molar-refractivity contribution < 1.29 is 9.53 Å². The monoisotopic (exact) mass is 204 g/mol. The molecule has 0 saturated carbocycles. The van der Waals surface area contributed by atoms with Gasteiger partial charge in [0.05, 0.1) is 13.2 Å². The van der Waals surface area contributed by atoms with Crippen molar-refractivity contribution in [3.8, 4) is 11.8 Å². The fraction of sp³-hybridized carbons (Fsp3) is 0.273. The van der Waals surface area contributed by atoms with E-state index in [0.29, 0.717) is 0 Å². The van der Waals surface area contributed by atoms with E-state index in [1.165, 1.54) is 4.90 Å². The number of anilines is 1. The van der Waals surface area contributed by atoms with E-state index >= 15 is 0 Å². The Labute approximate surface area is 88.7 Å². The molecule has 0 fully saturated rings. The first-order valence-electron chi connectivity index (χ1n) is 4.46. The Kier molecular flexibility index (Phi) is 3.69. The Morgan fingerprint density at radius 1 is 1.47 bits per heavy atom. The summed E-state index contributed by atoms with van der Waals surface area (Å²) in [4.78, 5) is 12.8. The highest BCUT2D eigenvalue weighted by Gasteiger charge is 2.09. The fourth-order valence-corrected chi connectivity index (χ4v) is 1.14. The Balaban J connectivity index is 2.79.